The number of halogens is 18. The summed E-state index contributed by atoms with van der Waals surface area (Å²) in [7, 11) is -11.7. The Labute approximate surface area is 166 Å². The van der Waals surface area contributed by atoms with Crippen molar-refractivity contribution in [2.75, 3.05) is 0 Å². The zero-order valence-corrected chi connectivity index (χ0v) is 16.0. The van der Waals surface area contributed by atoms with Crippen molar-refractivity contribution in [2.24, 2.45) is 0 Å². The van der Waals surface area contributed by atoms with Crippen LogP contribution in [-0.2, 0) is 0 Å². The third kappa shape index (κ3) is 6.03. The Morgan fingerprint density at radius 2 is 0.562 bits per heavy atom. The summed E-state index contributed by atoms with van der Waals surface area (Å²) in [6, 6.07) is 0. The van der Waals surface area contributed by atoms with Gasteiger partial charge in [-0.3, -0.25) is 0 Å². The first kappa shape index (κ1) is 33.4. The first-order valence-electron chi connectivity index (χ1n) is 6.66. The fraction of sp³-hybridized carbons (Fsp3) is 1.00. The van der Waals surface area contributed by atoms with Gasteiger partial charge in [0.1, 0.15) is 0 Å². The molecule has 0 aliphatic carbocycles. The van der Waals surface area contributed by atoms with Crippen LogP contribution in [0.1, 0.15) is 0 Å². The van der Waals surface area contributed by atoms with Gasteiger partial charge in [-0.1, -0.05) is 0 Å². The minimum absolute atomic E-state index is 2.62. The van der Waals surface area contributed by atoms with Gasteiger partial charge in [0, 0.05) is 0 Å². The lowest BCUT2D eigenvalue weighted by Gasteiger charge is -2.47. The quantitative estimate of drug-likeness (QED) is 0.251. The highest BCUT2D eigenvalue weighted by molar-refractivity contribution is 7.38. The standard InChI is InChI=1S/C9H4F18Si.H3O3P/c10-1(11)4(16,7(19,20)21)28(5(17,2(12)13)8(22,23)24)6(18,3(14)15)9(25,26)27;1-4(2)3/h1-3,28H;1-3H. The van der Waals surface area contributed by atoms with E-state index in [4.69, 9.17) is 14.7 Å². The normalized spacial score (nSPS) is 20.5. The Bertz CT molecular complexity index is 515. The number of rotatable bonds is 6. The molecule has 0 aliphatic heterocycles. The van der Waals surface area contributed by atoms with Crippen molar-refractivity contribution in [2.45, 2.75) is 53.7 Å². The first-order chi connectivity index (χ1) is 13.7. The zero-order valence-electron chi connectivity index (χ0n) is 13.9. The van der Waals surface area contributed by atoms with Gasteiger partial charge in [-0.15, -0.1) is 0 Å². The molecule has 0 aromatic heterocycles. The number of hydrogen-bond donors (Lipinski definition) is 3. The molecule has 0 spiro atoms. The van der Waals surface area contributed by atoms with Crippen molar-refractivity contribution < 1.29 is 93.7 Å². The maximum atomic E-state index is 13.9. The smallest absolute Gasteiger partial charge is 0.328 e. The minimum Gasteiger partial charge on any atom is -0.328 e. The molecule has 0 saturated carbocycles. The van der Waals surface area contributed by atoms with Crippen LogP contribution in [-0.4, -0.2) is 77.2 Å². The Morgan fingerprint density at radius 1 is 0.438 bits per heavy atom. The Morgan fingerprint density at radius 3 is 0.625 bits per heavy atom. The van der Waals surface area contributed by atoms with Gasteiger partial charge in [0.2, 0.25) is 8.80 Å². The number of alkyl halides is 18. The molecule has 0 amide bonds. The van der Waals surface area contributed by atoms with Crippen LogP contribution in [0.25, 0.3) is 0 Å². The summed E-state index contributed by atoms with van der Waals surface area (Å²) in [5, 5.41) is -22.9. The van der Waals surface area contributed by atoms with Crippen LogP contribution in [0.4, 0.5) is 79.0 Å². The molecule has 0 fully saturated rings. The van der Waals surface area contributed by atoms with Crippen molar-refractivity contribution in [1.29, 1.82) is 0 Å². The van der Waals surface area contributed by atoms with Crippen LogP contribution < -0.4 is 0 Å². The Balaban J connectivity index is 0. The third-order valence-corrected chi connectivity index (χ3v) is 7.78. The molecule has 23 heteroatoms. The summed E-state index contributed by atoms with van der Waals surface area (Å²) in [4.78, 5) is 21.7. The lowest BCUT2D eigenvalue weighted by atomic mass is 10.3. The fourth-order valence-corrected chi connectivity index (χ4v) is 5.73. The van der Waals surface area contributed by atoms with E-state index in [9.17, 15) is 79.0 Å². The van der Waals surface area contributed by atoms with Crippen molar-refractivity contribution >= 4 is 17.4 Å². The molecular formula is C9H7F18O3PSi. The summed E-state index contributed by atoms with van der Waals surface area (Å²) in [6.45, 7) is 0. The minimum atomic E-state index is -9.10. The highest BCUT2D eigenvalue weighted by atomic mass is 31.2. The fourth-order valence-electron chi connectivity index (χ4n) is 2.16. The molecule has 0 radical (unpaired) electrons. The van der Waals surface area contributed by atoms with E-state index < -0.39 is 71.1 Å². The maximum absolute atomic E-state index is 13.9. The van der Waals surface area contributed by atoms with E-state index in [1.807, 2.05) is 0 Å². The molecule has 196 valence electrons. The molecule has 0 saturated heterocycles. The van der Waals surface area contributed by atoms with Gasteiger partial charge in [-0.25, -0.2) is 39.5 Å². The van der Waals surface area contributed by atoms with Crippen LogP contribution in [0.5, 0.6) is 0 Å². The summed E-state index contributed by atoms with van der Waals surface area (Å²) < 4.78 is 230. The largest absolute Gasteiger partial charge is 0.424 e. The summed E-state index contributed by atoms with van der Waals surface area (Å²) in [5.74, 6) is 0. The molecule has 0 bridgehead atoms. The zero-order chi connectivity index (χ0) is 26.9. The predicted molar refractivity (Wildman–Crippen MR) is 68.4 cm³/mol. The van der Waals surface area contributed by atoms with E-state index in [0.717, 1.165) is 0 Å². The summed E-state index contributed by atoms with van der Waals surface area (Å²) in [5.41, 5.74) is 0. The van der Waals surface area contributed by atoms with Crippen LogP contribution in [0.15, 0.2) is 0 Å². The molecule has 0 aromatic rings. The van der Waals surface area contributed by atoms with E-state index in [0.29, 0.717) is 0 Å². The number of hydrogen-bond acceptors (Lipinski definition) is 3. The van der Waals surface area contributed by atoms with Crippen molar-refractivity contribution in [3.8, 4) is 0 Å². The molecular weight excluding hydrogens is 557 g/mol. The van der Waals surface area contributed by atoms with Crippen molar-refractivity contribution in [1.82, 2.24) is 0 Å². The molecule has 0 rings (SSSR count). The molecule has 3 N–H and O–H groups in total. The van der Waals surface area contributed by atoms with Crippen LogP contribution in [0.2, 0.25) is 0 Å². The van der Waals surface area contributed by atoms with E-state index in [1.54, 1.807) is 0 Å². The average Bonchev–Trinajstić information content (AvgIpc) is 2.49. The Kier molecular flexibility index (Phi) is 10.7. The summed E-state index contributed by atoms with van der Waals surface area (Å²) >= 11 is 0. The monoisotopic (exact) mass is 564 g/mol. The van der Waals surface area contributed by atoms with Crippen LogP contribution in [0, 0.1) is 0 Å². The van der Waals surface area contributed by atoms with Gasteiger partial charge in [-0.05, 0) is 0 Å². The highest BCUT2D eigenvalue weighted by Crippen LogP contribution is 2.58. The van der Waals surface area contributed by atoms with Gasteiger partial charge in [0.15, 0.2) is 0 Å². The topological polar surface area (TPSA) is 60.7 Å². The molecule has 3 nitrogen and oxygen atoms in total. The molecule has 0 heterocycles. The predicted octanol–water partition coefficient (Wildman–Crippen LogP) is 4.63. The summed E-state index contributed by atoms with van der Waals surface area (Å²) in [6.07, 6.45) is -42.2. The highest BCUT2D eigenvalue weighted by Gasteiger charge is 2.90. The van der Waals surface area contributed by atoms with Gasteiger partial charge in [-0.2, -0.15) is 39.5 Å². The van der Waals surface area contributed by atoms with E-state index in [-0.39, 0.29) is 0 Å². The van der Waals surface area contributed by atoms with Crippen molar-refractivity contribution in [3.05, 3.63) is 0 Å². The first-order valence-corrected chi connectivity index (χ1v) is 9.59. The Hall–Kier alpha value is -0.733. The van der Waals surface area contributed by atoms with E-state index >= 15 is 0 Å². The molecule has 3 unspecified atom stereocenters. The van der Waals surface area contributed by atoms with Gasteiger partial charge in [0.05, 0.1) is 0 Å². The maximum Gasteiger partial charge on any atom is 0.424 e. The van der Waals surface area contributed by atoms with Crippen LogP contribution in [0.3, 0.4) is 0 Å². The van der Waals surface area contributed by atoms with Gasteiger partial charge in [0.25, 0.3) is 35.2 Å². The SMILES string of the molecule is FC(F)C(F)([SiH](C(F)(C(F)F)C(F)(F)F)C(F)(C(F)F)C(F)(F)F)C(F)(F)F.OP(O)O. The van der Waals surface area contributed by atoms with Gasteiger partial charge < -0.3 is 14.7 Å². The molecule has 0 aromatic carbocycles. The van der Waals surface area contributed by atoms with Gasteiger partial charge >= 0.3 is 27.1 Å². The molecule has 0 aliphatic rings. The second-order valence-electron chi connectivity index (χ2n) is 5.40. The van der Waals surface area contributed by atoms with E-state index in [2.05, 4.69) is 0 Å². The molecule has 3 atom stereocenters. The van der Waals surface area contributed by atoms with E-state index in [1.165, 1.54) is 0 Å². The average molecular weight is 564 g/mol. The lowest BCUT2D eigenvalue weighted by molar-refractivity contribution is -0.281. The van der Waals surface area contributed by atoms with Crippen molar-refractivity contribution in [3.63, 3.8) is 0 Å². The van der Waals surface area contributed by atoms with Crippen LogP contribution >= 0.6 is 8.60 Å². The second kappa shape index (κ2) is 10.3. The molecule has 32 heavy (non-hydrogen) atoms. The third-order valence-electron chi connectivity index (χ3n) is 3.52. The second-order valence-corrected chi connectivity index (χ2v) is 9.32. The lowest BCUT2D eigenvalue weighted by Crippen LogP contribution is -2.83.